The number of nitrogens with one attached hydrogen (secondary N) is 1. The summed E-state index contributed by atoms with van der Waals surface area (Å²) in [4.78, 5) is 11.8. The van der Waals surface area contributed by atoms with E-state index in [4.69, 9.17) is 10.8 Å². The van der Waals surface area contributed by atoms with E-state index in [1.54, 1.807) is 0 Å². The van der Waals surface area contributed by atoms with Crippen molar-refractivity contribution in [2.75, 3.05) is 29.2 Å². The SMILES string of the molecule is CCC1CN(c2nc(C(C)(C)C)nc(NN)c2C)CCS1. The van der Waals surface area contributed by atoms with Gasteiger partial charge in [-0.25, -0.2) is 15.8 Å². The van der Waals surface area contributed by atoms with Crippen molar-refractivity contribution in [1.29, 1.82) is 0 Å². The van der Waals surface area contributed by atoms with Crippen LogP contribution in [-0.2, 0) is 5.41 Å². The maximum absolute atomic E-state index is 5.65. The number of hydrogen-bond acceptors (Lipinski definition) is 6. The molecule has 1 aromatic heterocycles. The molecule has 1 aliphatic rings. The Morgan fingerprint density at radius 2 is 2.10 bits per heavy atom. The van der Waals surface area contributed by atoms with Crippen molar-refractivity contribution in [3.63, 3.8) is 0 Å². The largest absolute Gasteiger partial charge is 0.354 e. The molecule has 1 fully saturated rings. The molecule has 0 saturated carbocycles. The van der Waals surface area contributed by atoms with Gasteiger partial charge >= 0.3 is 0 Å². The summed E-state index contributed by atoms with van der Waals surface area (Å²) in [6.07, 6.45) is 1.19. The highest BCUT2D eigenvalue weighted by Crippen LogP contribution is 2.31. The van der Waals surface area contributed by atoms with Crippen molar-refractivity contribution in [2.24, 2.45) is 5.84 Å². The molecule has 3 N–H and O–H groups in total. The highest BCUT2D eigenvalue weighted by atomic mass is 32.2. The highest BCUT2D eigenvalue weighted by molar-refractivity contribution is 8.00. The molecule has 2 heterocycles. The maximum atomic E-state index is 5.65. The Morgan fingerprint density at radius 1 is 1.38 bits per heavy atom. The molecule has 2 rings (SSSR count). The summed E-state index contributed by atoms with van der Waals surface area (Å²) in [6, 6.07) is 0. The van der Waals surface area contributed by atoms with Crippen molar-refractivity contribution < 1.29 is 0 Å². The van der Waals surface area contributed by atoms with E-state index in [0.29, 0.717) is 5.25 Å². The number of nitrogens with two attached hydrogens (primary N) is 1. The van der Waals surface area contributed by atoms with Gasteiger partial charge in [-0.2, -0.15) is 11.8 Å². The van der Waals surface area contributed by atoms with Gasteiger partial charge in [0.15, 0.2) is 0 Å². The fourth-order valence-corrected chi connectivity index (χ4v) is 3.63. The average molecular weight is 309 g/mol. The second-order valence-corrected chi connectivity index (χ2v) is 7.99. The van der Waals surface area contributed by atoms with Crippen LogP contribution in [0.1, 0.15) is 45.5 Å². The minimum atomic E-state index is -0.0945. The summed E-state index contributed by atoms with van der Waals surface area (Å²) in [5, 5.41) is 0.681. The highest BCUT2D eigenvalue weighted by Gasteiger charge is 2.26. The Bertz CT molecular complexity index is 498. The van der Waals surface area contributed by atoms with Crippen molar-refractivity contribution in [1.82, 2.24) is 9.97 Å². The molecule has 0 bridgehead atoms. The lowest BCUT2D eigenvalue weighted by Gasteiger charge is -2.34. The van der Waals surface area contributed by atoms with Crippen LogP contribution in [0.3, 0.4) is 0 Å². The van der Waals surface area contributed by atoms with E-state index in [9.17, 15) is 0 Å². The van der Waals surface area contributed by atoms with Crippen LogP contribution < -0.4 is 16.2 Å². The zero-order valence-electron chi connectivity index (χ0n) is 13.7. The molecular formula is C15H27N5S. The van der Waals surface area contributed by atoms with Gasteiger partial charge in [-0.3, -0.25) is 0 Å². The molecule has 0 amide bonds. The van der Waals surface area contributed by atoms with Gasteiger partial charge in [0, 0.05) is 35.1 Å². The van der Waals surface area contributed by atoms with Gasteiger partial charge in [0.25, 0.3) is 0 Å². The minimum absolute atomic E-state index is 0.0945. The van der Waals surface area contributed by atoms with Gasteiger partial charge in [-0.15, -0.1) is 0 Å². The van der Waals surface area contributed by atoms with E-state index in [-0.39, 0.29) is 5.41 Å². The molecule has 1 aromatic rings. The molecule has 1 unspecified atom stereocenters. The Morgan fingerprint density at radius 3 is 2.67 bits per heavy atom. The number of hydrazine groups is 1. The topological polar surface area (TPSA) is 67.1 Å². The average Bonchev–Trinajstić information content (AvgIpc) is 2.46. The number of aromatic nitrogens is 2. The fraction of sp³-hybridized carbons (Fsp3) is 0.733. The first kappa shape index (κ1) is 16.4. The zero-order chi connectivity index (χ0) is 15.6. The summed E-state index contributed by atoms with van der Waals surface area (Å²) in [5.41, 5.74) is 3.67. The van der Waals surface area contributed by atoms with Crippen molar-refractivity contribution >= 4 is 23.4 Å². The molecular weight excluding hydrogens is 282 g/mol. The third kappa shape index (κ3) is 3.61. The Kier molecular flexibility index (Phi) is 4.99. The van der Waals surface area contributed by atoms with Gasteiger partial charge < -0.3 is 10.3 Å². The molecule has 6 heteroatoms. The van der Waals surface area contributed by atoms with Crippen LogP contribution >= 0.6 is 11.8 Å². The van der Waals surface area contributed by atoms with Crippen LogP contribution in [0.15, 0.2) is 0 Å². The number of nitrogens with zero attached hydrogens (tertiary/aromatic N) is 3. The monoisotopic (exact) mass is 309 g/mol. The zero-order valence-corrected chi connectivity index (χ0v) is 14.5. The van der Waals surface area contributed by atoms with Gasteiger partial charge in [-0.05, 0) is 13.3 Å². The van der Waals surface area contributed by atoms with Crippen LogP contribution in [0.2, 0.25) is 0 Å². The number of rotatable bonds is 3. The molecule has 0 radical (unpaired) electrons. The van der Waals surface area contributed by atoms with E-state index in [0.717, 1.165) is 41.9 Å². The summed E-state index contributed by atoms with van der Waals surface area (Å²) >= 11 is 2.06. The van der Waals surface area contributed by atoms with E-state index >= 15 is 0 Å². The molecule has 0 aliphatic carbocycles. The molecule has 0 spiro atoms. The van der Waals surface area contributed by atoms with E-state index < -0.39 is 0 Å². The van der Waals surface area contributed by atoms with Gasteiger partial charge in [-0.1, -0.05) is 27.7 Å². The summed E-state index contributed by atoms with van der Waals surface area (Å²) < 4.78 is 0. The predicted octanol–water partition coefficient (Wildman–Crippen LogP) is 2.70. The summed E-state index contributed by atoms with van der Waals surface area (Å²) in [6.45, 7) is 12.8. The molecule has 21 heavy (non-hydrogen) atoms. The van der Waals surface area contributed by atoms with Crippen LogP contribution in [0, 0.1) is 6.92 Å². The lowest BCUT2D eigenvalue weighted by atomic mass is 9.95. The van der Waals surface area contributed by atoms with E-state index in [2.05, 4.69) is 54.8 Å². The molecule has 1 atom stereocenters. The first-order valence-corrected chi connectivity index (χ1v) is 8.64. The van der Waals surface area contributed by atoms with Crippen molar-refractivity contribution in [2.45, 2.75) is 51.7 Å². The normalized spacial score (nSPS) is 19.7. The standard InChI is InChI=1S/C15H27N5S/c1-6-11-9-20(7-8-21-11)13-10(2)12(19-16)17-14(18-13)15(3,4)5/h11H,6-9,16H2,1-5H3,(H,17,18,19). The summed E-state index contributed by atoms with van der Waals surface area (Å²) in [7, 11) is 0. The van der Waals surface area contributed by atoms with Crippen LogP contribution in [0.5, 0.6) is 0 Å². The number of nitrogen functional groups attached to an aromatic ring is 1. The number of hydrogen-bond donors (Lipinski definition) is 2. The first-order valence-electron chi connectivity index (χ1n) is 7.59. The quantitative estimate of drug-likeness (QED) is 0.661. The van der Waals surface area contributed by atoms with Crippen molar-refractivity contribution in [3.05, 3.63) is 11.4 Å². The molecule has 5 nitrogen and oxygen atoms in total. The molecule has 1 saturated heterocycles. The van der Waals surface area contributed by atoms with Gasteiger partial charge in [0.2, 0.25) is 0 Å². The van der Waals surface area contributed by atoms with Crippen LogP contribution in [-0.4, -0.2) is 34.1 Å². The fourth-order valence-electron chi connectivity index (χ4n) is 2.45. The first-order chi connectivity index (χ1) is 9.86. The third-order valence-corrected chi connectivity index (χ3v) is 5.19. The molecule has 118 valence electrons. The second kappa shape index (κ2) is 6.40. The van der Waals surface area contributed by atoms with Crippen molar-refractivity contribution in [3.8, 4) is 0 Å². The smallest absolute Gasteiger partial charge is 0.148 e. The molecule has 1 aliphatic heterocycles. The third-order valence-electron chi connectivity index (χ3n) is 3.82. The molecule has 0 aromatic carbocycles. The van der Waals surface area contributed by atoms with Gasteiger partial charge in [0.05, 0.1) is 0 Å². The predicted molar refractivity (Wildman–Crippen MR) is 92.0 cm³/mol. The number of anilines is 2. The maximum Gasteiger partial charge on any atom is 0.148 e. The van der Waals surface area contributed by atoms with E-state index in [1.807, 2.05) is 6.92 Å². The Balaban J connectivity index is 2.41. The Hall–Kier alpha value is -1.01. The van der Waals surface area contributed by atoms with Crippen LogP contribution in [0.4, 0.5) is 11.6 Å². The van der Waals surface area contributed by atoms with E-state index in [1.165, 1.54) is 6.42 Å². The lowest BCUT2D eigenvalue weighted by Crippen LogP contribution is -2.39. The second-order valence-electron chi connectivity index (χ2n) is 6.59. The summed E-state index contributed by atoms with van der Waals surface area (Å²) in [5.74, 6) is 9.40. The number of thioether (sulfide) groups is 1. The van der Waals surface area contributed by atoms with Crippen LogP contribution in [0.25, 0.3) is 0 Å². The van der Waals surface area contributed by atoms with Gasteiger partial charge in [0.1, 0.15) is 17.5 Å². The lowest BCUT2D eigenvalue weighted by molar-refractivity contribution is 0.543. The Labute approximate surface area is 132 Å². The minimum Gasteiger partial charge on any atom is -0.354 e.